The van der Waals surface area contributed by atoms with Crippen molar-refractivity contribution in [3.05, 3.63) is 0 Å². The van der Waals surface area contributed by atoms with Gasteiger partial charge in [-0.2, -0.15) is 0 Å². The van der Waals surface area contributed by atoms with E-state index in [1.807, 2.05) is 18.7 Å². The third-order valence-corrected chi connectivity index (χ3v) is 4.81. The van der Waals surface area contributed by atoms with Crippen LogP contribution in [-0.4, -0.2) is 52.6 Å². The standard InChI is InChI=1S/C15H26N2O3/c1-11-5-9-16(10-6-11)14(20)17-8-4-7-15(2,3)12(17)13(18)19/h11-12H,4-10H2,1-3H3,(H,18,19). The molecule has 1 N–H and O–H groups in total. The number of amides is 2. The molecule has 0 aliphatic carbocycles. The first-order valence-corrected chi connectivity index (χ1v) is 7.61. The van der Waals surface area contributed by atoms with Gasteiger partial charge in [-0.25, -0.2) is 9.59 Å². The van der Waals surface area contributed by atoms with Crippen molar-refractivity contribution in [3.8, 4) is 0 Å². The van der Waals surface area contributed by atoms with Crippen molar-refractivity contribution in [2.45, 2.75) is 52.5 Å². The lowest BCUT2D eigenvalue weighted by Gasteiger charge is -2.46. The van der Waals surface area contributed by atoms with E-state index < -0.39 is 12.0 Å². The number of hydrogen-bond acceptors (Lipinski definition) is 2. The monoisotopic (exact) mass is 282 g/mol. The molecule has 1 unspecified atom stereocenters. The Morgan fingerprint density at radius 3 is 2.30 bits per heavy atom. The van der Waals surface area contributed by atoms with E-state index in [9.17, 15) is 14.7 Å². The van der Waals surface area contributed by atoms with Gasteiger partial charge >= 0.3 is 12.0 Å². The van der Waals surface area contributed by atoms with E-state index in [4.69, 9.17) is 0 Å². The molecule has 0 radical (unpaired) electrons. The van der Waals surface area contributed by atoms with Crippen molar-refractivity contribution in [1.82, 2.24) is 9.80 Å². The van der Waals surface area contributed by atoms with Gasteiger partial charge in [0, 0.05) is 19.6 Å². The molecule has 1 atom stereocenters. The number of nitrogens with zero attached hydrogens (tertiary/aromatic N) is 2. The molecule has 5 nitrogen and oxygen atoms in total. The average molecular weight is 282 g/mol. The second kappa shape index (κ2) is 5.62. The second-order valence-electron chi connectivity index (χ2n) is 6.98. The molecule has 2 amide bonds. The van der Waals surface area contributed by atoms with Gasteiger partial charge in [0.1, 0.15) is 6.04 Å². The minimum Gasteiger partial charge on any atom is -0.480 e. The highest BCUT2D eigenvalue weighted by Crippen LogP contribution is 2.36. The van der Waals surface area contributed by atoms with E-state index in [0.717, 1.165) is 38.8 Å². The Kier molecular flexibility index (Phi) is 4.25. The van der Waals surface area contributed by atoms with E-state index in [0.29, 0.717) is 12.5 Å². The van der Waals surface area contributed by atoms with Crippen molar-refractivity contribution >= 4 is 12.0 Å². The summed E-state index contributed by atoms with van der Waals surface area (Å²) in [5.41, 5.74) is -0.358. The zero-order valence-electron chi connectivity index (χ0n) is 12.8. The first-order chi connectivity index (χ1) is 9.33. The van der Waals surface area contributed by atoms with Crippen LogP contribution in [0.1, 0.15) is 46.5 Å². The normalized spacial score (nSPS) is 27.4. The van der Waals surface area contributed by atoms with Gasteiger partial charge in [-0.15, -0.1) is 0 Å². The number of rotatable bonds is 1. The summed E-state index contributed by atoms with van der Waals surface area (Å²) >= 11 is 0. The summed E-state index contributed by atoms with van der Waals surface area (Å²) in [6, 6.07) is -0.792. The van der Waals surface area contributed by atoms with Gasteiger partial charge in [0.25, 0.3) is 0 Å². The first-order valence-electron chi connectivity index (χ1n) is 7.61. The Bertz CT molecular complexity index is 387. The Balaban J connectivity index is 2.12. The molecule has 20 heavy (non-hydrogen) atoms. The van der Waals surface area contributed by atoms with Gasteiger partial charge in [0.2, 0.25) is 0 Å². The Morgan fingerprint density at radius 1 is 1.15 bits per heavy atom. The zero-order chi connectivity index (χ0) is 14.9. The summed E-state index contributed by atoms with van der Waals surface area (Å²) in [6.45, 7) is 8.16. The van der Waals surface area contributed by atoms with Gasteiger partial charge in [-0.05, 0) is 37.0 Å². The molecule has 2 rings (SSSR count). The molecule has 2 fully saturated rings. The fourth-order valence-corrected chi connectivity index (χ4v) is 3.45. The molecule has 5 heteroatoms. The molecule has 114 valence electrons. The summed E-state index contributed by atoms with van der Waals surface area (Å²) in [4.78, 5) is 27.7. The Hall–Kier alpha value is -1.26. The van der Waals surface area contributed by atoms with Gasteiger partial charge < -0.3 is 14.9 Å². The van der Waals surface area contributed by atoms with Crippen LogP contribution in [0, 0.1) is 11.3 Å². The summed E-state index contributed by atoms with van der Waals surface area (Å²) in [7, 11) is 0. The van der Waals surface area contributed by atoms with E-state index in [2.05, 4.69) is 6.92 Å². The minimum atomic E-state index is -0.881. The smallest absolute Gasteiger partial charge is 0.327 e. The lowest BCUT2D eigenvalue weighted by Crippen LogP contribution is -2.60. The SMILES string of the molecule is CC1CCN(C(=O)N2CCCC(C)(C)C2C(=O)O)CC1. The predicted molar refractivity (Wildman–Crippen MR) is 76.5 cm³/mol. The minimum absolute atomic E-state index is 0.0860. The number of hydrogen-bond donors (Lipinski definition) is 1. The number of carbonyl (C=O) groups is 2. The zero-order valence-corrected chi connectivity index (χ0v) is 12.8. The van der Waals surface area contributed by atoms with Gasteiger partial charge in [-0.1, -0.05) is 20.8 Å². The number of aliphatic carboxylic acids is 1. The van der Waals surface area contributed by atoms with Crippen molar-refractivity contribution < 1.29 is 14.7 Å². The third kappa shape index (κ3) is 2.91. The molecule has 0 aromatic carbocycles. The van der Waals surface area contributed by atoms with Gasteiger partial charge in [0.05, 0.1) is 0 Å². The number of carboxylic acids is 1. The van der Waals surface area contributed by atoms with E-state index in [1.165, 1.54) is 0 Å². The maximum absolute atomic E-state index is 12.7. The van der Waals surface area contributed by atoms with Crippen molar-refractivity contribution in [2.75, 3.05) is 19.6 Å². The lowest BCUT2D eigenvalue weighted by molar-refractivity contribution is -0.148. The highest BCUT2D eigenvalue weighted by atomic mass is 16.4. The number of urea groups is 1. The van der Waals surface area contributed by atoms with E-state index in [-0.39, 0.29) is 11.4 Å². The molecule has 2 aliphatic rings. The number of carboxylic acid groups (broad SMARTS) is 1. The molecule has 0 saturated carbocycles. The van der Waals surface area contributed by atoms with Gasteiger partial charge in [0.15, 0.2) is 0 Å². The third-order valence-electron chi connectivity index (χ3n) is 4.81. The van der Waals surface area contributed by atoms with Crippen LogP contribution in [0.5, 0.6) is 0 Å². The predicted octanol–water partition coefficient (Wildman–Crippen LogP) is 2.41. The summed E-state index contributed by atoms with van der Waals surface area (Å²) in [6.07, 6.45) is 3.76. The topological polar surface area (TPSA) is 60.9 Å². The molecule has 0 aromatic heterocycles. The highest BCUT2D eigenvalue weighted by Gasteiger charge is 2.45. The number of piperidine rings is 2. The van der Waals surface area contributed by atoms with Crippen LogP contribution >= 0.6 is 0 Å². The van der Waals surface area contributed by atoms with Crippen molar-refractivity contribution in [3.63, 3.8) is 0 Å². The molecule has 2 aliphatic heterocycles. The van der Waals surface area contributed by atoms with Crippen LogP contribution in [0.4, 0.5) is 4.79 Å². The maximum Gasteiger partial charge on any atom is 0.327 e. The largest absolute Gasteiger partial charge is 0.480 e. The Labute approximate surface area is 120 Å². The number of likely N-dealkylation sites (tertiary alicyclic amines) is 2. The van der Waals surface area contributed by atoms with Crippen molar-refractivity contribution in [1.29, 1.82) is 0 Å². The summed E-state index contributed by atoms with van der Waals surface area (Å²) in [5, 5.41) is 9.52. The molecule has 0 bridgehead atoms. The first kappa shape index (κ1) is 15.1. The average Bonchev–Trinajstić information content (AvgIpc) is 2.36. The molecule has 0 aromatic rings. The fraction of sp³-hybridized carbons (Fsp3) is 0.867. The van der Waals surface area contributed by atoms with Crippen LogP contribution < -0.4 is 0 Å². The van der Waals surface area contributed by atoms with Crippen LogP contribution in [0.25, 0.3) is 0 Å². The quantitative estimate of drug-likeness (QED) is 0.803. The van der Waals surface area contributed by atoms with E-state index in [1.54, 1.807) is 4.90 Å². The van der Waals surface area contributed by atoms with Crippen LogP contribution in [-0.2, 0) is 4.79 Å². The highest BCUT2D eigenvalue weighted by molar-refractivity contribution is 5.83. The van der Waals surface area contributed by atoms with Crippen LogP contribution in [0.3, 0.4) is 0 Å². The second-order valence-corrected chi connectivity index (χ2v) is 6.98. The van der Waals surface area contributed by atoms with Crippen LogP contribution in [0.2, 0.25) is 0 Å². The fourth-order valence-electron chi connectivity index (χ4n) is 3.45. The van der Waals surface area contributed by atoms with Gasteiger partial charge in [-0.3, -0.25) is 0 Å². The Morgan fingerprint density at radius 2 is 1.75 bits per heavy atom. The summed E-state index contributed by atoms with van der Waals surface area (Å²) in [5.74, 6) is -0.222. The number of carbonyl (C=O) groups excluding carboxylic acids is 1. The molecule has 0 spiro atoms. The van der Waals surface area contributed by atoms with E-state index >= 15 is 0 Å². The molecule has 2 saturated heterocycles. The van der Waals surface area contributed by atoms with Crippen molar-refractivity contribution in [2.24, 2.45) is 11.3 Å². The maximum atomic E-state index is 12.7. The summed E-state index contributed by atoms with van der Waals surface area (Å²) < 4.78 is 0. The molecule has 2 heterocycles. The molecular formula is C15H26N2O3. The lowest BCUT2D eigenvalue weighted by atomic mass is 9.76. The molecular weight excluding hydrogens is 256 g/mol. The van der Waals surface area contributed by atoms with Crippen LogP contribution in [0.15, 0.2) is 0 Å².